The Labute approximate surface area is 98.6 Å². The first-order valence-corrected chi connectivity index (χ1v) is 5.29. The molecule has 0 aromatic carbocycles. The van der Waals surface area contributed by atoms with Crippen LogP contribution in [0.4, 0.5) is 0 Å². The van der Waals surface area contributed by atoms with Crippen molar-refractivity contribution in [2.45, 2.75) is 19.3 Å². The fourth-order valence-corrected chi connectivity index (χ4v) is 1.32. The summed E-state index contributed by atoms with van der Waals surface area (Å²) < 4.78 is -0.248. The van der Waals surface area contributed by atoms with E-state index in [4.69, 9.17) is 10.2 Å². The molecular weight excluding hydrogens is 175 g/mol. The molecule has 0 aliphatic carbocycles. The van der Waals surface area contributed by atoms with Crippen molar-refractivity contribution in [1.29, 1.82) is 0 Å². The average Bonchev–Trinajstić information content (AvgIpc) is 1.86. The van der Waals surface area contributed by atoms with Crippen molar-refractivity contribution in [1.82, 2.24) is 0 Å². The molecule has 0 amide bonds. The molecule has 0 heterocycles. The quantitative estimate of drug-likeness (QED) is 0.602. The van der Waals surface area contributed by atoms with E-state index in [0.29, 0.717) is 12.8 Å². The minimum absolute atomic E-state index is 0.0832. The van der Waals surface area contributed by atoms with Crippen LogP contribution in [0, 0.1) is 0 Å². The van der Waals surface area contributed by atoms with E-state index < -0.39 is 11.9 Å². The van der Waals surface area contributed by atoms with Gasteiger partial charge < -0.3 is 0 Å². The summed E-state index contributed by atoms with van der Waals surface area (Å²) in [5, 5.41) is 16.7. The molecule has 11 heavy (non-hydrogen) atoms. The first kappa shape index (κ1) is 11.6. The van der Waals surface area contributed by atoms with Crippen molar-refractivity contribution in [3.05, 3.63) is 0 Å². The molecule has 0 rings (SSSR count). The Kier molecular flexibility index (Phi) is 6.45. The topological polar surface area (TPSA) is 74.6 Å². The predicted molar refractivity (Wildman–Crippen MR) is 38.6 cm³/mol. The van der Waals surface area contributed by atoms with Crippen molar-refractivity contribution >= 4 is 60.9 Å². The van der Waals surface area contributed by atoms with Gasteiger partial charge in [0.05, 0.1) is 0 Å². The van der Waals surface area contributed by atoms with E-state index in [1.807, 2.05) is 0 Å². The van der Waals surface area contributed by atoms with E-state index in [9.17, 15) is 9.59 Å². The number of carboxylic acid groups (broad SMARTS) is 2. The molecular formula is C6H9KO4. The van der Waals surface area contributed by atoms with E-state index in [0.717, 1.165) is 0 Å². The van der Waals surface area contributed by atoms with Crippen LogP contribution in [0.3, 0.4) is 0 Å². The van der Waals surface area contributed by atoms with Crippen LogP contribution < -0.4 is 0 Å². The normalized spacial score (nSPS) is 12.5. The van der Waals surface area contributed by atoms with Gasteiger partial charge in [0.15, 0.2) is 0 Å². The standard InChI is InChI=1S/C6H9O4.K/c7-5(8)3-1-2-4-6(9)10;/h3H,1-2,4H2,(H,7,8)(H,9,10);. The molecule has 0 aromatic rings. The fraction of sp³-hybridized carbons (Fsp3) is 0.667. The molecule has 0 aromatic heterocycles. The van der Waals surface area contributed by atoms with Crippen LogP contribution >= 0.6 is 0 Å². The van der Waals surface area contributed by atoms with E-state index in [-0.39, 0.29) is 55.4 Å². The van der Waals surface area contributed by atoms with Crippen LogP contribution in [0.25, 0.3) is 0 Å². The third-order valence-corrected chi connectivity index (χ3v) is 3.12. The molecule has 4 nitrogen and oxygen atoms in total. The number of rotatable bonds is 5. The van der Waals surface area contributed by atoms with Gasteiger partial charge in [0.2, 0.25) is 0 Å². The van der Waals surface area contributed by atoms with Crippen LogP contribution in [0.2, 0.25) is 0.0125 Å². The second-order valence-corrected chi connectivity index (χ2v) is 4.70. The van der Waals surface area contributed by atoms with Gasteiger partial charge in [-0.3, -0.25) is 0 Å². The minimum atomic E-state index is -0.852. The third kappa shape index (κ3) is 6.95. The second-order valence-electron chi connectivity index (χ2n) is 2.53. The summed E-state index contributed by atoms with van der Waals surface area (Å²) in [6.45, 7) is 0. The van der Waals surface area contributed by atoms with Crippen molar-refractivity contribution in [2.24, 2.45) is 0 Å². The van der Waals surface area contributed by atoms with Crippen LogP contribution in [0.15, 0.2) is 0 Å². The first-order valence-electron chi connectivity index (χ1n) is 3.48. The van der Waals surface area contributed by atoms with Crippen molar-refractivity contribution in [3.8, 4) is 0 Å². The van der Waals surface area contributed by atoms with Crippen molar-refractivity contribution < 1.29 is 19.8 Å². The zero-order valence-corrected chi connectivity index (χ0v) is 9.53. The molecule has 0 fully saturated rings. The van der Waals surface area contributed by atoms with Crippen LogP contribution in [-0.2, 0) is 9.59 Å². The Morgan fingerprint density at radius 2 is 1.91 bits per heavy atom. The Hall–Kier alpha value is 0.576. The van der Waals surface area contributed by atoms with Gasteiger partial charge in [-0.25, -0.2) is 0 Å². The summed E-state index contributed by atoms with van der Waals surface area (Å²) in [6.07, 6.45) is 1.08. The molecule has 0 radical (unpaired) electrons. The summed E-state index contributed by atoms with van der Waals surface area (Å²) in [5.74, 6) is -1.63. The van der Waals surface area contributed by atoms with Crippen LogP contribution in [-0.4, -0.2) is 71.1 Å². The zero-order chi connectivity index (χ0) is 8.85. The molecule has 2 N–H and O–H groups in total. The Balaban J connectivity index is 3.39. The van der Waals surface area contributed by atoms with Gasteiger partial charge in [-0.15, -0.1) is 0 Å². The van der Waals surface area contributed by atoms with Crippen LogP contribution in [0.5, 0.6) is 0 Å². The molecule has 58 valence electrons. The number of carboxylic acids is 2. The molecule has 1 unspecified atom stereocenters. The number of carbonyl (C=O) groups is 2. The van der Waals surface area contributed by atoms with Gasteiger partial charge in [0, 0.05) is 0 Å². The van der Waals surface area contributed by atoms with Gasteiger partial charge in [0.1, 0.15) is 0 Å². The Bertz CT molecular complexity index is 157. The SMILES string of the molecule is O=C(O)CCC[CH]([K])C(=O)O. The average molecular weight is 184 g/mol. The summed E-state index contributed by atoms with van der Waals surface area (Å²) >= 11 is 0.247. The number of hydrogen-bond acceptors (Lipinski definition) is 2. The molecule has 0 spiro atoms. The predicted octanol–water partition coefficient (Wildman–Crippen LogP) is 0.283. The summed E-state index contributed by atoms with van der Waals surface area (Å²) in [7, 11) is 0. The van der Waals surface area contributed by atoms with Gasteiger partial charge in [0.25, 0.3) is 0 Å². The van der Waals surface area contributed by atoms with E-state index in [1.54, 1.807) is 0 Å². The monoisotopic (exact) mass is 184 g/mol. The molecule has 0 bridgehead atoms. The molecule has 0 saturated carbocycles. The van der Waals surface area contributed by atoms with Gasteiger partial charge >= 0.3 is 100.0 Å². The van der Waals surface area contributed by atoms with Gasteiger partial charge in [-0.2, -0.15) is 0 Å². The Morgan fingerprint density at radius 3 is 2.27 bits per heavy atom. The van der Waals surface area contributed by atoms with Crippen molar-refractivity contribution in [3.63, 3.8) is 0 Å². The summed E-state index contributed by atoms with van der Waals surface area (Å²) in [4.78, 5) is 20.3. The molecule has 0 aliphatic heterocycles. The second kappa shape index (κ2) is 6.13. The Morgan fingerprint density at radius 1 is 1.36 bits per heavy atom. The van der Waals surface area contributed by atoms with E-state index in [2.05, 4.69) is 0 Å². The first-order chi connectivity index (χ1) is 5.04. The van der Waals surface area contributed by atoms with Crippen LogP contribution in [0.1, 0.15) is 19.3 Å². The van der Waals surface area contributed by atoms with Gasteiger partial charge in [-0.05, 0) is 0 Å². The summed E-state index contributed by atoms with van der Waals surface area (Å²) in [5.41, 5.74) is 0. The molecule has 0 saturated heterocycles. The summed E-state index contributed by atoms with van der Waals surface area (Å²) in [6, 6.07) is 0. The van der Waals surface area contributed by atoms with E-state index in [1.165, 1.54) is 0 Å². The molecule has 1 atom stereocenters. The maximum atomic E-state index is 10.3. The maximum absolute atomic E-state index is 10.3. The molecule has 0 aliphatic rings. The zero-order valence-electron chi connectivity index (χ0n) is 6.41. The fourth-order valence-electron chi connectivity index (χ4n) is 0.683. The number of aliphatic carboxylic acids is 2. The van der Waals surface area contributed by atoms with E-state index >= 15 is 0 Å². The molecule has 5 heteroatoms. The van der Waals surface area contributed by atoms with Gasteiger partial charge in [-0.1, -0.05) is 0 Å². The van der Waals surface area contributed by atoms with Crippen molar-refractivity contribution in [2.75, 3.05) is 0 Å². The number of hydrogen-bond donors (Lipinski definition) is 2. The third-order valence-electron chi connectivity index (χ3n) is 1.45.